The molecule has 0 radical (unpaired) electrons. The fourth-order valence-electron chi connectivity index (χ4n) is 6.08. The molecule has 264 valence electrons. The number of hydrogen-bond donors (Lipinski definition) is 3. The monoisotopic (exact) mass is 670 g/mol. The van der Waals surface area contributed by atoms with E-state index >= 15 is 0 Å². The Morgan fingerprint density at radius 1 is 1.06 bits per heavy atom. The number of nitrogens with two attached hydrogens (primary N) is 2. The van der Waals surface area contributed by atoms with E-state index in [1.165, 1.54) is 26.4 Å². The lowest BCUT2D eigenvalue weighted by Gasteiger charge is -2.37. The van der Waals surface area contributed by atoms with Crippen LogP contribution in [0, 0.1) is 11.8 Å². The molecule has 1 saturated heterocycles. The van der Waals surface area contributed by atoms with Crippen LogP contribution in [-0.4, -0.2) is 92.7 Å². The Morgan fingerprint density at radius 2 is 1.77 bits per heavy atom. The van der Waals surface area contributed by atoms with Gasteiger partial charge in [0.15, 0.2) is 6.10 Å². The molecule has 6 atom stereocenters. The van der Waals surface area contributed by atoms with E-state index in [-0.39, 0.29) is 35.8 Å². The highest BCUT2D eigenvalue weighted by Crippen LogP contribution is 2.33. The Balaban J connectivity index is 2.14. The van der Waals surface area contributed by atoms with Crippen LogP contribution in [0.4, 0.5) is 4.79 Å². The van der Waals surface area contributed by atoms with Crippen molar-refractivity contribution in [1.82, 2.24) is 10.2 Å². The van der Waals surface area contributed by atoms with Gasteiger partial charge in [-0.05, 0) is 57.6 Å². The summed E-state index contributed by atoms with van der Waals surface area (Å²) in [5, 5.41) is 2.62. The van der Waals surface area contributed by atoms with Gasteiger partial charge in [0.25, 0.3) is 5.91 Å². The number of allylic oxidation sites excluding steroid dienone is 4. The fraction of sp³-hybridized carbons (Fsp3) is 0.571. The van der Waals surface area contributed by atoms with Gasteiger partial charge < -0.3 is 40.6 Å². The van der Waals surface area contributed by atoms with Gasteiger partial charge in [-0.2, -0.15) is 0 Å². The summed E-state index contributed by atoms with van der Waals surface area (Å²) in [5.41, 5.74) is 12.5. The van der Waals surface area contributed by atoms with Gasteiger partial charge in [0, 0.05) is 56.9 Å². The molecule has 13 nitrogen and oxygen atoms in total. The standard InChI is InChI=1S/C35H50N4O9/c1-20-16-24-30(39-14-9-15-39)26(40)19-25(31(24)42)38-34(43)21(2)10-7-11-27(45-5)32(48-35(37)44)22(3)18-23(4)33(28(17-20)46-6)47-29(41)12-8-13-36/h7,10-11,18-20,23,27-28,32-33H,8-9,12-17,36H2,1-6H3,(H2,37,44)(H,38,43)/b11-7-,21-10+,22-18+/t20-,23+,27+,28+,32+,33-/m1/s1. The van der Waals surface area contributed by atoms with E-state index in [0.29, 0.717) is 49.3 Å². The maximum Gasteiger partial charge on any atom is 0.405 e. The lowest BCUT2D eigenvalue weighted by molar-refractivity contribution is -0.160. The predicted molar refractivity (Wildman–Crippen MR) is 178 cm³/mol. The Kier molecular flexibility index (Phi) is 14.3. The van der Waals surface area contributed by atoms with Crippen molar-refractivity contribution >= 4 is 29.5 Å². The molecular formula is C35H50N4O9. The quantitative estimate of drug-likeness (QED) is 0.196. The first-order valence-corrected chi connectivity index (χ1v) is 16.4. The van der Waals surface area contributed by atoms with Gasteiger partial charge >= 0.3 is 12.1 Å². The fourth-order valence-corrected chi connectivity index (χ4v) is 6.08. The van der Waals surface area contributed by atoms with E-state index in [2.05, 4.69) is 5.32 Å². The van der Waals surface area contributed by atoms with Gasteiger partial charge in [-0.25, -0.2) is 4.79 Å². The molecule has 5 N–H and O–H groups in total. The van der Waals surface area contributed by atoms with E-state index in [1.807, 2.05) is 24.8 Å². The van der Waals surface area contributed by atoms with Crippen LogP contribution in [0.1, 0.15) is 59.8 Å². The Morgan fingerprint density at radius 3 is 2.35 bits per heavy atom. The summed E-state index contributed by atoms with van der Waals surface area (Å²) in [6, 6.07) is 0. The molecule has 2 aliphatic heterocycles. The van der Waals surface area contributed by atoms with Crippen molar-refractivity contribution in [2.24, 2.45) is 23.3 Å². The summed E-state index contributed by atoms with van der Waals surface area (Å²) in [6.45, 7) is 8.74. The zero-order valence-corrected chi connectivity index (χ0v) is 28.8. The summed E-state index contributed by atoms with van der Waals surface area (Å²) >= 11 is 0. The molecule has 3 rings (SSSR count). The first-order valence-electron chi connectivity index (χ1n) is 16.4. The third-order valence-electron chi connectivity index (χ3n) is 8.75. The van der Waals surface area contributed by atoms with Crippen LogP contribution in [0.15, 0.2) is 58.5 Å². The third kappa shape index (κ3) is 9.97. The lowest BCUT2D eigenvalue weighted by atomic mass is 9.84. The molecule has 0 aromatic rings. The minimum Gasteiger partial charge on any atom is -0.459 e. The number of primary amides is 1. The summed E-state index contributed by atoms with van der Waals surface area (Å²) < 4.78 is 23.1. The molecule has 0 saturated carbocycles. The smallest absolute Gasteiger partial charge is 0.405 e. The number of rotatable bonds is 8. The van der Waals surface area contributed by atoms with E-state index in [0.717, 1.165) is 6.42 Å². The number of ketones is 2. The van der Waals surface area contributed by atoms with Gasteiger partial charge in [-0.15, -0.1) is 0 Å². The second-order valence-electron chi connectivity index (χ2n) is 12.6. The molecule has 1 fully saturated rings. The van der Waals surface area contributed by atoms with Crippen LogP contribution < -0.4 is 16.8 Å². The average molecular weight is 671 g/mol. The number of ether oxygens (including phenoxy) is 4. The molecule has 48 heavy (non-hydrogen) atoms. The molecule has 1 aliphatic carbocycles. The number of methoxy groups -OCH3 is 2. The second kappa shape index (κ2) is 17.9. The first kappa shape index (κ1) is 38.4. The van der Waals surface area contributed by atoms with Crippen LogP contribution in [0.2, 0.25) is 0 Å². The molecule has 0 aromatic carbocycles. The van der Waals surface area contributed by atoms with Gasteiger partial charge in [-0.3, -0.25) is 19.2 Å². The zero-order chi connectivity index (χ0) is 35.5. The number of likely N-dealkylation sites (tertiary alicyclic amines) is 1. The maximum absolute atomic E-state index is 13.9. The summed E-state index contributed by atoms with van der Waals surface area (Å²) in [7, 11) is 2.96. The Hall–Kier alpha value is -4.07. The molecule has 0 spiro atoms. The van der Waals surface area contributed by atoms with Gasteiger partial charge in [0.1, 0.15) is 12.2 Å². The lowest BCUT2D eigenvalue weighted by Crippen LogP contribution is -2.43. The number of carbonyl (C=O) groups is 5. The van der Waals surface area contributed by atoms with Crippen LogP contribution in [0.25, 0.3) is 0 Å². The molecule has 0 unspecified atom stereocenters. The molecule has 2 heterocycles. The first-order chi connectivity index (χ1) is 22.8. The number of Topliss-reactive ketones (excluding diaryl/α,β-unsaturated/α-hetero) is 1. The van der Waals surface area contributed by atoms with E-state index in [4.69, 9.17) is 30.4 Å². The highest BCUT2D eigenvalue weighted by molar-refractivity contribution is 6.23. The highest BCUT2D eigenvalue weighted by atomic mass is 16.6. The number of nitrogens with zero attached hydrogens (tertiary/aromatic N) is 1. The highest BCUT2D eigenvalue weighted by Gasteiger charge is 2.37. The van der Waals surface area contributed by atoms with Crippen molar-refractivity contribution in [1.29, 1.82) is 0 Å². The Bertz CT molecular complexity index is 1390. The molecule has 2 bridgehead atoms. The van der Waals surface area contributed by atoms with Crippen LogP contribution in [-0.2, 0) is 38.1 Å². The SMILES string of the molecule is CO[C@H]1/C=C\C=C(/C)C(=O)NC2=CC(=O)C(N3CCC3)=C(C[C@@H](C)C[C@H](OC)[C@H](OC(=O)CCCN)[C@@H](C)/C=C(\C)[C@@H]1OC(N)=O)C2=O. The van der Waals surface area contributed by atoms with E-state index in [9.17, 15) is 24.0 Å². The molecule has 13 heteroatoms. The van der Waals surface area contributed by atoms with Crippen molar-refractivity contribution in [3.63, 3.8) is 0 Å². The van der Waals surface area contributed by atoms with Gasteiger partial charge in [0.05, 0.1) is 17.5 Å². The maximum atomic E-state index is 13.9. The number of amides is 2. The van der Waals surface area contributed by atoms with Gasteiger partial charge in [-0.1, -0.05) is 38.2 Å². The van der Waals surface area contributed by atoms with Crippen molar-refractivity contribution < 1.29 is 42.9 Å². The molecule has 2 amide bonds. The van der Waals surface area contributed by atoms with Crippen LogP contribution >= 0.6 is 0 Å². The number of esters is 1. The minimum absolute atomic E-state index is 0.0979. The molecular weight excluding hydrogens is 620 g/mol. The van der Waals surface area contributed by atoms with Crippen molar-refractivity contribution in [2.75, 3.05) is 33.9 Å². The predicted octanol–water partition coefficient (Wildman–Crippen LogP) is 2.76. The van der Waals surface area contributed by atoms with Crippen molar-refractivity contribution in [2.45, 2.75) is 84.2 Å². The topological polar surface area (TPSA) is 190 Å². The average Bonchev–Trinajstić information content (AvgIpc) is 3.01. The van der Waals surface area contributed by atoms with Crippen LogP contribution in [0.3, 0.4) is 0 Å². The van der Waals surface area contributed by atoms with Crippen molar-refractivity contribution in [3.8, 4) is 0 Å². The van der Waals surface area contributed by atoms with E-state index in [1.54, 1.807) is 26.0 Å². The van der Waals surface area contributed by atoms with E-state index < -0.39 is 54.1 Å². The largest absolute Gasteiger partial charge is 0.459 e. The Labute approximate surface area is 282 Å². The second-order valence-corrected chi connectivity index (χ2v) is 12.6. The van der Waals surface area contributed by atoms with Crippen LogP contribution in [0.5, 0.6) is 0 Å². The number of hydrogen-bond acceptors (Lipinski definition) is 11. The van der Waals surface area contributed by atoms with Crippen molar-refractivity contribution in [3.05, 3.63) is 58.5 Å². The number of nitrogens with one attached hydrogen (secondary N) is 1. The normalized spacial score (nSPS) is 30.6. The number of carbonyl (C=O) groups excluding carboxylic acids is 5. The summed E-state index contributed by atoms with van der Waals surface area (Å²) in [6.07, 6.45) is 5.54. The summed E-state index contributed by atoms with van der Waals surface area (Å²) in [5.74, 6) is -2.43. The third-order valence-corrected chi connectivity index (χ3v) is 8.75. The van der Waals surface area contributed by atoms with Gasteiger partial charge in [0.2, 0.25) is 11.6 Å². The zero-order valence-electron chi connectivity index (χ0n) is 28.8. The summed E-state index contributed by atoms with van der Waals surface area (Å²) in [4.78, 5) is 67.2. The minimum atomic E-state index is -1.01. The molecule has 3 aliphatic rings. The number of fused-ring (bicyclic) bond motifs is 2. The molecule has 0 aromatic heterocycles.